The molecule has 0 fully saturated rings. The summed E-state index contributed by atoms with van der Waals surface area (Å²) >= 11 is 0. The molecule has 2 rings (SSSR count). The maximum absolute atomic E-state index is 12.2. The van der Waals surface area contributed by atoms with E-state index in [1.807, 2.05) is 0 Å². The molecule has 140 valence electrons. The van der Waals surface area contributed by atoms with Crippen molar-refractivity contribution >= 4 is 41.6 Å². The second-order valence-corrected chi connectivity index (χ2v) is 9.49. The number of carbonyl (C=O) groups is 4. The number of aromatic carboxylic acids is 2. The number of carboxylic acids is 2. The zero-order chi connectivity index (χ0) is 20.5. The Morgan fingerprint density at radius 3 is 1.59 bits per heavy atom. The van der Waals surface area contributed by atoms with Crippen molar-refractivity contribution in [2.45, 2.75) is 13.8 Å². The van der Waals surface area contributed by atoms with E-state index >= 15 is 0 Å². The third-order valence-corrected chi connectivity index (χ3v) is 8.08. The zero-order valence-corrected chi connectivity index (χ0v) is 15.4. The molecule has 0 bridgehead atoms. The smallest absolute Gasteiger partial charge is 0.371 e. The van der Waals surface area contributed by atoms with Gasteiger partial charge in [-0.3, -0.25) is 9.59 Å². The van der Waals surface area contributed by atoms with Gasteiger partial charge in [-0.25, -0.2) is 9.59 Å². The number of benzene rings is 2. The fourth-order valence-corrected chi connectivity index (χ4v) is 6.10. The molecule has 0 aliphatic carbocycles. The Bertz CT molecular complexity index is 948. The molecule has 0 unspecified atom stereocenters. The Morgan fingerprint density at radius 2 is 1.19 bits per heavy atom. The van der Waals surface area contributed by atoms with Gasteiger partial charge in [0.05, 0.1) is 11.1 Å². The van der Waals surface area contributed by atoms with Gasteiger partial charge in [0, 0.05) is 0 Å². The van der Waals surface area contributed by atoms with Gasteiger partial charge in [-0.05, 0) is 29.8 Å². The molecule has 0 amide bonds. The molecule has 0 spiro atoms. The normalized spacial score (nSPS) is 11.0. The summed E-state index contributed by atoms with van der Waals surface area (Å²) in [5.74, 6) is -3.27. The molecule has 0 aliphatic heterocycles. The van der Waals surface area contributed by atoms with Crippen LogP contribution in [0, 0.1) is 13.8 Å². The molecule has 9 heteroatoms. The lowest BCUT2D eigenvalue weighted by Crippen LogP contribution is -2.71. The molecular formula is C18H16O8Si. The van der Waals surface area contributed by atoms with Crippen LogP contribution in [0.5, 0.6) is 0 Å². The topological polar surface area (TPSA) is 149 Å². The van der Waals surface area contributed by atoms with E-state index in [9.17, 15) is 39.6 Å². The van der Waals surface area contributed by atoms with E-state index in [1.54, 1.807) is 6.92 Å². The van der Waals surface area contributed by atoms with E-state index in [4.69, 9.17) is 0 Å². The van der Waals surface area contributed by atoms with Gasteiger partial charge in [0.2, 0.25) is 0 Å². The predicted molar refractivity (Wildman–Crippen MR) is 97.3 cm³/mol. The molecule has 27 heavy (non-hydrogen) atoms. The van der Waals surface area contributed by atoms with Crippen LogP contribution in [0.1, 0.15) is 31.8 Å². The van der Waals surface area contributed by atoms with Gasteiger partial charge in [-0.1, -0.05) is 42.0 Å². The average molecular weight is 388 g/mol. The summed E-state index contributed by atoms with van der Waals surface area (Å²) in [5.41, 5.74) is -3.97. The fraction of sp³-hybridized carbons (Fsp3) is 0.111. The Labute approximate surface area is 154 Å². The second kappa shape index (κ2) is 7.04. The zero-order valence-electron chi connectivity index (χ0n) is 14.4. The minimum atomic E-state index is -4.74. The van der Waals surface area contributed by atoms with Crippen LogP contribution in [0.3, 0.4) is 0 Å². The van der Waals surface area contributed by atoms with E-state index in [1.165, 1.54) is 37.3 Å². The Kier molecular flexibility index (Phi) is 5.18. The van der Waals surface area contributed by atoms with Crippen molar-refractivity contribution in [3.63, 3.8) is 0 Å². The number of hydrogen-bond acceptors (Lipinski definition) is 4. The van der Waals surface area contributed by atoms with Gasteiger partial charge in [-0.2, -0.15) is 0 Å². The van der Waals surface area contributed by atoms with E-state index < -0.39 is 47.5 Å². The van der Waals surface area contributed by atoms with E-state index in [0.29, 0.717) is 0 Å². The fourth-order valence-electron chi connectivity index (χ4n) is 3.04. The Balaban J connectivity index is 3.07. The summed E-state index contributed by atoms with van der Waals surface area (Å²) in [6.07, 6.45) is 0. The first-order valence-corrected chi connectivity index (χ1v) is 9.69. The highest BCUT2D eigenvalue weighted by Crippen LogP contribution is 2.19. The standard InChI is InChI=1S/C18H16O8Si/c1-9-3-6-11(7-4-9)27(17(23)24,18(25)26)12-8-5-10(2)13(15(19)20)14(12)16(21)22/h3-8H,1-2H3,(H,19,20)(H,21,22)(H,23,24)(H,25,26). The maximum Gasteiger partial charge on any atom is 0.371 e. The quantitative estimate of drug-likeness (QED) is 0.547. The summed E-state index contributed by atoms with van der Waals surface area (Å²) in [7, 11) is -4.74. The first-order valence-electron chi connectivity index (χ1n) is 7.69. The molecule has 4 N–H and O–H groups in total. The number of carboxylic acid groups (broad SMARTS) is 4. The van der Waals surface area contributed by atoms with Crippen LogP contribution in [0.25, 0.3) is 0 Å². The first kappa shape index (κ1) is 19.9. The summed E-state index contributed by atoms with van der Waals surface area (Å²) in [6.45, 7) is 3.09. The highest BCUT2D eigenvalue weighted by molar-refractivity contribution is 7.37. The van der Waals surface area contributed by atoms with Gasteiger partial charge >= 0.3 is 20.0 Å². The van der Waals surface area contributed by atoms with Crippen molar-refractivity contribution < 1.29 is 39.6 Å². The van der Waals surface area contributed by atoms with Crippen LogP contribution in [0.15, 0.2) is 36.4 Å². The van der Waals surface area contributed by atoms with Gasteiger partial charge in [0.25, 0.3) is 11.2 Å². The SMILES string of the molecule is Cc1ccc([Si](C(=O)O)(C(=O)O)c2ccc(C)c(C(=O)O)c2C(=O)O)cc1. The lowest BCUT2D eigenvalue weighted by atomic mass is 10.0. The molecule has 0 aromatic heterocycles. The van der Waals surface area contributed by atoms with Crippen molar-refractivity contribution in [1.29, 1.82) is 0 Å². The van der Waals surface area contributed by atoms with E-state index in [-0.39, 0.29) is 10.8 Å². The van der Waals surface area contributed by atoms with Gasteiger partial charge in [0.15, 0.2) is 0 Å². The molecule has 0 aliphatic rings. The van der Waals surface area contributed by atoms with Crippen LogP contribution < -0.4 is 10.4 Å². The number of hydrogen-bond donors (Lipinski definition) is 4. The van der Waals surface area contributed by atoms with Crippen molar-refractivity contribution in [2.75, 3.05) is 0 Å². The van der Waals surface area contributed by atoms with Crippen molar-refractivity contribution in [1.82, 2.24) is 0 Å². The molecule has 2 aromatic rings. The minimum Gasteiger partial charge on any atom is -0.485 e. The lowest BCUT2D eigenvalue weighted by molar-refractivity contribution is 0.0652. The Hall–Kier alpha value is -3.46. The monoisotopic (exact) mass is 388 g/mol. The molecule has 0 heterocycles. The highest BCUT2D eigenvalue weighted by Gasteiger charge is 2.57. The number of rotatable bonds is 6. The van der Waals surface area contributed by atoms with Crippen LogP contribution in [0.2, 0.25) is 0 Å². The van der Waals surface area contributed by atoms with Crippen LogP contribution in [-0.2, 0) is 0 Å². The third kappa shape index (κ3) is 3.08. The summed E-state index contributed by atoms with van der Waals surface area (Å²) < 4.78 is 0. The van der Waals surface area contributed by atoms with Crippen molar-refractivity contribution in [3.8, 4) is 0 Å². The second-order valence-electron chi connectivity index (χ2n) is 6.02. The van der Waals surface area contributed by atoms with Crippen LogP contribution in [-0.4, -0.2) is 51.6 Å². The average Bonchev–Trinajstić information content (AvgIpc) is 2.56. The van der Waals surface area contributed by atoms with E-state index in [0.717, 1.165) is 11.6 Å². The molecule has 0 saturated carbocycles. The van der Waals surface area contributed by atoms with Crippen LogP contribution >= 0.6 is 0 Å². The predicted octanol–water partition coefficient (Wildman–Crippen LogP) is 1.78. The molecule has 0 atom stereocenters. The highest BCUT2D eigenvalue weighted by atomic mass is 28.3. The van der Waals surface area contributed by atoms with Gasteiger partial charge in [-0.15, -0.1) is 0 Å². The first-order chi connectivity index (χ1) is 12.5. The van der Waals surface area contributed by atoms with E-state index in [2.05, 4.69) is 0 Å². The van der Waals surface area contributed by atoms with Gasteiger partial charge < -0.3 is 20.4 Å². The largest absolute Gasteiger partial charge is 0.485 e. The van der Waals surface area contributed by atoms with Crippen molar-refractivity contribution in [2.24, 2.45) is 0 Å². The summed E-state index contributed by atoms with van der Waals surface area (Å²) in [4.78, 5) is 47.9. The molecule has 8 nitrogen and oxygen atoms in total. The lowest BCUT2D eigenvalue weighted by Gasteiger charge is -2.25. The molecular weight excluding hydrogens is 372 g/mol. The Morgan fingerprint density at radius 1 is 0.704 bits per heavy atom. The molecule has 0 saturated heterocycles. The van der Waals surface area contributed by atoms with Crippen LogP contribution in [0.4, 0.5) is 9.59 Å². The van der Waals surface area contributed by atoms with Gasteiger partial charge in [0.1, 0.15) is 0 Å². The van der Waals surface area contributed by atoms with Crippen molar-refractivity contribution in [3.05, 3.63) is 58.7 Å². The minimum absolute atomic E-state index is 0.0595. The number of aryl methyl sites for hydroxylation is 2. The third-order valence-electron chi connectivity index (χ3n) is 4.37. The molecule has 2 aromatic carbocycles. The molecule has 0 radical (unpaired) electrons. The summed E-state index contributed by atoms with van der Waals surface area (Å²) in [6, 6.07) is 8.03. The summed E-state index contributed by atoms with van der Waals surface area (Å²) in [5, 5.41) is 38.3. The maximum atomic E-state index is 12.2.